The molecule has 114 valence electrons. The average Bonchev–Trinajstić information content (AvgIpc) is 2.53. The van der Waals surface area contributed by atoms with Gasteiger partial charge in [0.2, 0.25) is 0 Å². The number of nitrogens with zero attached hydrogens (tertiary/aromatic N) is 2. The largest absolute Gasteiger partial charge is 0.384 e. The molecule has 22 heavy (non-hydrogen) atoms. The molecular weight excluding hydrogens is 300 g/mol. The zero-order chi connectivity index (χ0) is 15.5. The molecule has 0 fully saturated rings. The van der Waals surface area contributed by atoms with E-state index in [0.717, 1.165) is 35.2 Å². The Labute approximate surface area is 134 Å². The third-order valence-corrected chi connectivity index (χ3v) is 4.07. The van der Waals surface area contributed by atoms with Crippen molar-refractivity contribution in [3.63, 3.8) is 0 Å². The first-order valence-corrected chi connectivity index (χ1v) is 7.60. The number of carbonyl (C=O) groups is 1. The van der Waals surface area contributed by atoms with Gasteiger partial charge < -0.3 is 9.64 Å². The van der Waals surface area contributed by atoms with Crippen LogP contribution in [0.3, 0.4) is 0 Å². The summed E-state index contributed by atoms with van der Waals surface area (Å²) in [6, 6.07) is 7.44. The van der Waals surface area contributed by atoms with Gasteiger partial charge in [-0.05, 0) is 48.2 Å². The molecule has 5 heteroatoms. The van der Waals surface area contributed by atoms with Crippen molar-refractivity contribution >= 4 is 23.2 Å². The Balaban J connectivity index is 1.87. The minimum absolute atomic E-state index is 0.00334. The molecule has 0 saturated carbocycles. The van der Waals surface area contributed by atoms with E-state index in [-0.39, 0.29) is 5.91 Å². The molecule has 1 aliphatic heterocycles. The van der Waals surface area contributed by atoms with Gasteiger partial charge in [0.25, 0.3) is 5.91 Å². The Morgan fingerprint density at radius 1 is 1.32 bits per heavy atom. The number of rotatable bonds is 4. The number of amides is 1. The molecule has 1 aromatic carbocycles. The number of halogens is 1. The van der Waals surface area contributed by atoms with Crippen molar-refractivity contribution in [1.82, 2.24) is 4.98 Å². The monoisotopic (exact) mass is 316 g/mol. The maximum atomic E-state index is 12.7. The Morgan fingerprint density at radius 2 is 2.18 bits per heavy atom. The summed E-state index contributed by atoms with van der Waals surface area (Å²) in [4.78, 5) is 18.7. The Kier molecular flexibility index (Phi) is 4.41. The fraction of sp³-hybridized carbons (Fsp3) is 0.294. The number of pyridine rings is 1. The van der Waals surface area contributed by atoms with E-state index in [1.165, 1.54) is 0 Å². The first kappa shape index (κ1) is 15.0. The number of ether oxygens (including phenoxy) is 1. The fourth-order valence-electron chi connectivity index (χ4n) is 2.68. The Hall–Kier alpha value is -1.91. The standard InChI is InChI=1S/C17H17ClN2O2/c1-22-7-5-12-8-15(11-19-10-12)20-6-4-13-9-14(18)2-3-16(13)17(20)21/h2-3,8-11H,4-7H2,1H3. The second-order valence-corrected chi connectivity index (χ2v) is 5.74. The summed E-state index contributed by atoms with van der Waals surface area (Å²) >= 11 is 6.00. The topological polar surface area (TPSA) is 42.4 Å². The molecule has 0 radical (unpaired) electrons. The second kappa shape index (κ2) is 6.46. The minimum Gasteiger partial charge on any atom is -0.384 e. The molecule has 0 bridgehead atoms. The van der Waals surface area contributed by atoms with Crippen molar-refractivity contribution in [2.24, 2.45) is 0 Å². The number of fused-ring (bicyclic) bond motifs is 1. The quantitative estimate of drug-likeness (QED) is 0.870. The molecule has 1 amide bonds. The highest BCUT2D eigenvalue weighted by Crippen LogP contribution is 2.26. The highest BCUT2D eigenvalue weighted by molar-refractivity contribution is 6.30. The molecule has 0 aliphatic carbocycles. The molecule has 2 heterocycles. The van der Waals surface area contributed by atoms with E-state index in [4.69, 9.17) is 16.3 Å². The molecule has 4 nitrogen and oxygen atoms in total. The summed E-state index contributed by atoms with van der Waals surface area (Å²) in [5.41, 5.74) is 3.63. The van der Waals surface area contributed by atoms with E-state index in [0.29, 0.717) is 18.2 Å². The zero-order valence-electron chi connectivity index (χ0n) is 12.4. The smallest absolute Gasteiger partial charge is 0.258 e. The average molecular weight is 317 g/mol. The van der Waals surface area contributed by atoms with Crippen LogP contribution >= 0.6 is 11.6 Å². The lowest BCUT2D eigenvalue weighted by Crippen LogP contribution is -2.37. The van der Waals surface area contributed by atoms with Gasteiger partial charge in [-0.25, -0.2) is 0 Å². The van der Waals surface area contributed by atoms with Gasteiger partial charge >= 0.3 is 0 Å². The van der Waals surface area contributed by atoms with Crippen molar-refractivity contribution in [1.29, 1.82) is 0 Å². The van der Waals surface area contributed by atoms with E-state index in [2.05, 4.69) is 4.98 Å². The molecule has 0 saturated heterocycles. The number of aromatic nitrogens is 1. The van der Waals surface area contributed by atoms with Crippen LogP contribution in [0.15, 0.2) is 36.7 Å². The van der Waals surface area contributed by atoms with E-state index in [1.54, 1.807) is 30.3 Å². The first-order valence-electron chi connectivity index (χ1n) is 7.22. The van der Waals surface area contributed by atoms with Crippen molar-refractivity contribution in [3.8, 4) is 0 Å². The van der Waals surface area contributed by atoms with Gasteiger partial charge in [0.15, 0.2) is 0 Å². The maximum Gasteiger partial charge on any atom is 0.258 e. The van der Waals surface area contributed by atoms with Gasteiger partial charge in [0, 0.05) is 30.4 Å². The Bertz CT molecular complexity index is 703. The van der Waals surface area contributed by atoms with Crippen molar-refractivity contribution in [3.05, 3.63) is 58.4 Å². The molecule has 1 aliphatic rings. The van der Waals surface area contributed by atoms with Crippen LogP contribution in [-0.2, 0) is 17.6 Å². The van der Waals surface area contributed by atoms with Crippen molar-refractivity contribution in [2.75, 3.05) is 25.2 Å². The van der Waals surface area contributed by atoms with E-state index in [9.17, 15) is 4.79 Å². The lowest BCUT2D eigenvalue weighted by molar-refractivity contribution is 0.0980. The minimum atomic E-state index is 0.00334. The van der Waals surface area contributed by atoms with Crippen molar-refractivity contribution in [2.45, 2.75) is 12.8 Å². The Morgan fingerprint density at radius 3 is 3.00 bits per heavy atom. The van der Waals surface area contributed by atoms with E-state index >= 15 is 0 Å². The summed E-state index contributed by atoms with van der Waals surface area (Å²) in [6.07, 6.45) is 5.12. The number of hydrogen-bond acceptors (Lipinski definition) is 3. The number of hydrogen-bond donors (Lipinski definition) is 0. The summed E-state index contributed by atoms with van der Waals surface area (Å²) in [5.74, 6) is 0.00334. The summed E-state index contributed by atoms with van der Waals surface area (Å²) in [6.45, 7) is 1.28. The molecule has 0 unspecified atom stereocenters. The number of anilines is 1. The lowest BCUT2D eigenvalue weighted by Gasteiger charge is -2.28. The lowest BCUT2D eigenvalue weighted by atomic mass is 9.98. The highest BCUT2D eigenvalue weighted by Gasteiger charge is 2.25. The molecule has 1 aromatic heterocycles. The van der Waals surface area contributed by atoms with Gasteiger partial charge in [-0.3, -0.25) is 9.78 Å². The molecule has 0 atom stereocenters. The SMILES string of the molecule is COCCc1cncc(N2CCc3cc(Cl)ccc3C2=O)c1. The van der Waals surface area contributed by atoms with Gasteiger partial charge in [0.1, 0.15) is 0 Å². The van der Waals surface area contributed by atoms with Crippen LogP contribution in [0.1, 0.15) is 21.5 Å². The molecule has 2 aromatic rings. The van der Waals surface area contributed by atoms with Crippen LogP contribution in [0.2, 0.25) is 5.02 Å². The second-order valence-electron chi connectivity index (χ2n) is 5.30. The normalized spacial score (nSPS) is 14.1. The summed E-state index contributed by atoms with van der Waals surface area (Å²) in [5, 5.41) is 0.670. The molecular formula is C17H17ClN2O2. The summed E-state index contributed by atoms with van der Waals surface area (Å²) < 4.78 is 5.09. The maximum absolute atomic E-state index is 12.7. The van der Waals surface area contributed by atoms with Crippen molar-refractivity contribution < 1.29 is 9.53 Å². The van der Waals surface area contributed by atoms with Gasteiger partial charge in [-0.1, -0.05) is 11.6 Å². The van der Waals surface area contributed by atoms with E-state index < -0.39 is 0 Å². The van der Waals surface area contributed by atoms with Crippen LogP contribution in [0.25, 0.3) is 0 Å². The fourth-order valence-corrected chi connectivity index (χ4v) is 2.88. The predicted molar refractivity (Wildman–Crippen MR) is 86.6 cm³/mol. The first-order chi connectivity index (χ1) is 10.7. The highest BCUT2D eigenvalue weighted by atomic mass is 35.5. The van der Waals surface area contributed by atoms with Crippen LogP contribution in [0.5, 0.6) is 0 Å². The summed E-state index contributed by atoms with van der Waals surface area (Å²) in [7, 11) is 1.67. The van der Waals surface area contributed by atoms with Crippen LogP contribution in [0, 0.1) is 0 Å². The van der Waals surface area contributed by atoms with Gasteiger partial charge in [-0.15, -0.1) is 0 Å². The van der Waals surface area contributed by atoms with Crippen LogP contribution < -0.4 is 4.90 Å². The van der Waals surface area contributed by atoms with Crippen LogP contribution in [0.4, 0.5) is 5.69 Å². The number of carbonyl (C=O) groups excluding carboxylic acids is 1. The van der Waals surface area contributed by atoms with Gasteiger partial charge in [0.05, 0.1) is 18.5 Å². The number of methoxy groups -OCH3 is 1. The molecule has 3 rings (SSSR count). The van der Waals surface area contributed by atoms with Crippen LogP contribution in [-0.4, -0.2) is 31.2 Å². The predicted octanol–water partition coefficient (Wildman–Crippen LogP) is 3.13. The van der Waals surface area contributed by atoms with Gasteiger partial charge in [-0.2, -0.15) is 0 Å². The molecule has 0 spiro atoms. The van der Waals surface area contributed by atoms with E-state index in [1.807, 2.05) is 18.3 Å². The third kappa shape index (κ3) is 2.98. The number of benzene rings is 1. The molecule has 0 N–H and O–H groups in total. The third-order valence-electron chi connectivity index (χ3n) is 3.83. The zero-order valence-corrected chi connectivity index (χ0v) is 13.1.